The lowest BCUT2D eigenvalue weighted by atomic mass is 10.4. The Balaban J connectivity index is 2.51. The summed E-state index contributed by atoms with van der Waals surface area (Å²) in [5.74, 6) is 0.556. The molecule has 0 fully saturated rings. The highest BCUT2D eigenvalue weighted by Gasteiger charge is 1.98. The molecule has 0 spiro atoms. The Bertz CT molecular complexity index is 103. The van der Waals surface area contributed by atoms with Gasteiger partial charge in [0.1, 0.15) is 12.0 Å². The van der Waals surface area contributed by atoms with Crippen LogP contribution < -0.4 is 0 Å². The molecule has 1 N–H and O–H groups in total. The molecule has 0 saturated carbocycles. The van der Waals surface area contributed by atoms with Crippen LogP contribution in [0.4, 0.5) is 0 Å². The molecule has 0 aromatic heterocycles. The summed E-state index contributed by atoms with van der Waals surface area (Å²) in [5.41, 5.74) is 0. The van der Waals surface area contributed by atoms with Crippen LogP contribution in [-0.2, 0) is 4.74 Å². The molecule has 0 aromatic carbocycles. The minimum Gasteiger partial charge on any atom is -0.512 e. The Kier molecular flexibility index (Phi) is 1.02. The number of aliphatic hydroxyl groups is 1. The first-order valence-corrected chi connectivity index (χ1v) is 2.01. The highest BCUT2D eigenvalue weighted by atomic mass is 16.5. The van der Waals surface area contributed by atoms with Gasteiger partial charge >= 0.3 is 0 Å². The lowest BCUT2D eigenvalue weighted by Gasteiger charge is -1.88. The van der Waals surface area contributed by atoms with Gasteiger partial charge in [0.05, 0.1) is 0 Å². The number of rotatable bonds is 0. The molecule has 0 bridgehead atoms. The minimum atomic E-state index is 0.556. The molecule has 0 atom stereocenters. The second-order valence-corrected chi connectivity index (χ2v) is 1.22. The van der Waals surface area contributed by atoms with E-state index in [1.165, 1.54) is 0 Å². The van der Waals surface area contributed by atoms with Crippen LogP contribution in [0.25, 0.3) is 0 Å². The summed E-state index contributed by atoms with van der Waals surface area (Å²) < 4.78 is 4.61. The molecule has 2 nitrogen and oxygen atoms in total. The lowest BCUT2D eigenvalue weighted by Crippen LogP contribution is -1.73. The van der Waals surface area contributed by atoms with Gasteiger partial charge in [0.25, 0.3) is 0 Å². The maximum atomic E-state index is 8.22. The normalized spacial score (nSPS) is 23.1. The average Bonchev–Trinajstić information content (AvgIpc) is 2.14. The van der Waals surface area contributed by atoms with E-state index in [1.807, 2.05) is 0 Å². The van der Waals surface area contributed by atoms with E-state index in [0.29, 0.717) is 12.2 Å². The van der Waals surface area contributed by atoms with E-state index in [9.17, 15) is 0 Å². The summed E-state index contributed by atoms with van der Waals surface area (Å²) >= 11 is 0. The van der Waals surface area contributed by atoms with Crippen molar-refractivity contribution in [1.82, 2.24) is 0 Å². The van der Waals surface area contributed by atoms with Crippen molar-refractivity contribution in [2.24, 2.45) is 0 Å². The molecule has 0 aromatic rings. The second-order valence-electron chi connectivity index (χ2n) is 1.22. The Labute approximate surface area is 41.7 Å². The maximum Gasteiger partial charge on any atom is 0.165 e. The van der Waals surface area contributed by atoms with Crippen molar-refractivity contribution in [3.05, 3.63) is 24.4 Å². The third-order valence-electron chi connectivity index (χ3n) is 0.721. The van der Waals surface area contributed by atoms with Crippen molar-refractivity contribution < 1.29 is 9.84 Å². The van der Waals surface area contributed by atoms with Crippen molar-refractivity contribution in [1.29, 1.82) is 0 Å². The first-order chi connectivity index (χ1) is 3.43. The average molecular weight is 97.1 g/mol. The molecule has 1 heterocycles. The quantitative estimate of drug-likeness (QED) is 0.459. The predicted octanol–water partition coefficient (Wildman–Crippen LogP) is 1.12. The van der Waals surface area contributed by atoms with E-state index in [1.54, 1.807) is 6.08 Å². The van der Waals surface area contributed by atoms with Crippen LogP contribution in [0, 0.1) is 6.26 Å². The first kappa shape index (κ1) is 4.24. The van der Waals surface area contributed by atoms with Crippen molar-refractivity contribution in [3.63, 3.8) is 0 Å². The summed E-state index contributed by atoms with van der Waals surface area (Å²) in [6.45, 7) is 0. The molecule has 0 unspecified atom stereocenters. The third-order valence-corrected chi connectivity index (χ3v) is 0.721. The fraction of sp³-hybridized carbons (Fsp3) is 0.200. The Morgan fingerprint density at radius 2 is 2.86 bits per heavy atom. The van der Waals surface area contributed by atoms with Crippen molar-refractivity contribution >= 4 is 0 Å². The standard InChI is InChI=1S/C5H5O2/c6-4-5-2-1-3-7-5/h1,4,6H,2H2. The number of ether oxygens (including phenoxy) is 1. The van der Waals surface area contributed by atoms with Gasteiger partial charge in [-0.3, -0.25) is 0 Å². The summed E-state index contributed by atoms with van der Waals surface area (Å²) in [6.07, 6.45) is 5.78. The molecular weight excluding hydrogens is 92.1 g/mol. The molecule has 1 aliphatic heterocycles. The van der Waals surface area contributed by atoms with E-state index < -0.39 is 0 Å². The van der Waals surface area contributed by atoms with Gasteiger partial charge in [0.2, 0.25) is 0 Å². The van der Waals surface area contributed by atoms with Crippen molar-refractivity contribution in [3.8, 4) is 0 Å². The van der Waals surface area contributed by atoms with Crippen LogP contribution in [0.5, 0.6) is 0 Å². The smallest absolute Gasteiger partial charge is 0.165 e. The van der Waals surface area contributed by atoms with E-state index >= 15 is 0 Å². The topological polar surface area (TPSA) is 29.5 Å². The fourth-order valence-electron chi connectivity index (χ4n) is 0.380. The predicted molar refractivity (Wildman–Crippen MR) is 24.2 cm³/mol. The first-order valence-electron chi connectivity index (χ1n) is 2.01. The van der Waals surface area contributed by atoms with E-state index in [2.05, 4.69) is 11.0 Å². The minimum absolute atomic E-state index is 0.556. The highest BCUT2D eigenvalue weighted by Crippen LogP contribution is 2.09. The number of allylic oxidation sites excluding steroid dienone is 1. The highest BCUT2D eigenvalue weighted by molar-refractivity contribution is 4.99. The molecule has 1 radical (unpaired) electrons. The summed E-state index contributed by atoms with van der Waals surface area (Å²) in [7, 11) is 0. The fourth-order valence-corrected chi connectivity index (χ4v) is 0.380. The van der Waals surface area contributed by atoms with Crippen LogP contribution in [0.15, 0.2) is 18.1 Å². The molecule has 0 amide bonds. The van der Waals surface area contributed by atoms with Gasteiger partial charge in [-0.25, -0.2) is 0 Å². The van der Waals surface area contributed by atoms with Gasteiger partial charge in [-0.05, 0) is 6.08 Å². The van der Waals surface area contributed by atoms with E-state index in [-0.39, 0.29) is 0 Å². The molecule has 7 heavy (non-hydrogen) atoms. The molecule has 1 rings (SSSR count). The third kappa shape index (κ3) is 0.738. The van der Waals surface area contributed by atoms with Crippen LogP contribution in [0.3, 0.4) is 0 Å². The zero-order valence-electron chi connectivity index (χ0n) is 3.72. The van der Waals surface area contributed by atoms with Gasteiger partial charge in [-0.2, -0.15) is 0 Å². The largest absolute Gasteiger partial charge is 0.512 e. The molecule has 0 saturated heterocycles. The van der Waals surface area contributed by atoms with Gasteiger partial charge < -0.3 is 9.84 Å². The molecular formula is C5H5O2. The molecule has 0 aliphatic carbocycles. The van der Waals surface area contributed by atoms with Gasteiger partial charge in [-0.15, -0.1) is 0 Å². The molecule has 1 aliphatic rings. The Hall–Kier alpha value is -0.920. The van der Waals surface area contributed by atoms with Gasteiger partial charge in [0.15, 0.2) is 6.26 Å². The number of aliphatic hydroxyl groups excluding tert-OH is 1. The lowest BCUT2D eigenvalue weighted by molar-refractivity contribution is 0.315. The Morgan fingerprint density at radius 3 is 3.14 bits per heavy atom. The van der Waals surface area contributed by atoms with Crippen LogP contribution >= 0.6 is 0 Å². The van der Waals surface area contributed by atoms with Gasteiger partial charge in [0, 0.05) is 6.42 Å². The Morgan fingerprint density at radius 1 is 2.00 bits per heavy atom. The van der Waals surface area contributed by atoms with Crippen LogP contribution in [-0.4, -0.2) is 5.11 Å². The van der Waals surface area contributed by atoms with E-state index in [4.69, 9.17) is 5.11 Å². The van der Waals surface area contributed by atoms with E-state index in [0.717, 1.165) is 6.26 Å². The van der Waals surface area contributed by atoms with Gasteiger partial charge in [-0.1, -0.05) is 0 Å². The summed E-state index contributed by atoms with van der Waals surface area (Å²) in [6, 6.07) is 0. The number of hydrogen-bond donors (Lipinski definition) is 1. The van der Waals surface area contributed by atoms with Crippen LogP contribution in [0.1, 0.15) is 6.42 Å². The monoisotopic (exact) mass is 97.0 g/mol. The molecule has 2 heteroatoms. The summed E-state index contributed by atoms with van der Waals surface area (Å²) in [5, 5.41) is 8.22. The van der Waals surface area contributed by atoms with Crippen LogP contribution in [0.2, 0.25) is 0 Å². The zero-order chi connectivity index (χ0) is 5.11. The maximum absolute atomic E-state index is 8.22. The summed E-state index contributed by atoms with van der Waals surface area (Å²) in [4.78, 5) is 0. The molecule has 37 valence electrons. The SMILES string of the molecule is OC=C1CC=[C]O1. The zero-order valence-corrected chi connectivity index (χ0v) is 3.72. The van der Waals surface area contributed by atoms with Crippen molar-refractivity contribution in [2.75, 3.05) is 0 Å². The second kappa shape index (κ2) is 1.69. The van der Waals surface area contributed by atoms with Crippen molar-refractivity contribution in [2.45, 2.75) is 6.42 Å². The number of hydrogen-bond acceptors (Lipinski definition) is 2.